The molecule has 1 amide bonds. The quantitative estimate of drug-likeness (QED) is 0.482. The SMILES string of the molecule is Cc1ccc(S(=O)(=O)CCC(=O)NCc2ccc(-n3cnc4ccccc43)nc2)cc1. The Labute approximate surface area is 180 Å². The van der Waals surface area contributed by atoms with Gasteiger partial charge in [-0.1, -0.05) is 35.9 Å². The summed E-state index contributed by atoms with van der Waals surface area (Å²) in [6, 6.07) is 18.2. The van der Waals surface area contributed by atoms with Crippen LogP contribution in [0.25, 0.3) is 16.9 Å². The van der Waals surface area contributed by atoms with Gasteiger partial charge in [-0.25, -0.2) is 18.4 Å². The first-order valence-electron chi connectivity index (χ1n) is 9.86. The third-order valence-electron chi connectivity index (χ3n) is 4.98. The molecule has 0 aliphatic carbocycles. The Bertz CT molecular complexity index is 1310. The maximum atomic E-state index is 12.4. The van der Waals surface area contributed by atoms with Crippen molar-refractivity contribution < 1.29 is 13.2 Å². The molecule has 0 saturated carbocycles. The minimum Gasteiger partial charge on any atom is -0.352 e. The molecule has 0 radical (unpaired) electrons. The highest BCUT2D eigenvalue weighted by molar-refractivity contribution is 7.91. The fraction of sp³-hybridized carbons (Fsp3) is 0.174. The molecule has 7 nitrogen and oxygen atoms in total. The second-order valence-corrected chi connectivity index (χ2v) is 9.40. The summed E-state index contributed by atoms with van der Waals surface area (Å²) in [4.78, 5) is 21.2. The van der Waals surface area contributed by atoms with Crippen molar-refractivity contribution in [3.63, 3.8) is 0 Å². The van der Waals surface area contributed by atoms with Crippen LogP contribution >= 0.6 is 0 Å². The fourth-order valence-corrected chi connectivity index (χ4v) is 4.43. The Morgan fingerprint density at radius 3 is 2.52 bits per heavy atom. The fourth-order valence-electron chi connectivity index (χ4n) is 3.19. The molecule has 2 aromatic heterocycles. The lowest BCUT2D eigenvalue weighted by Crippen LogP contribution is -2.25. The summed E-state index contributed by atoms with van der Waals surface area (Å²) in [5.41, 5.74) is 3.66. The van der Waals surface area contributed by atoms with Crippen molar-refractivity contribution >= 4 is 26.8 Å². The molecule has 8 heteroatoms. The first-order valence-corrected chi connectivity index (χ1v) is 11.5. The first kappa shape index (κ1) is 20.7. The third-order valence-corrected chi connectivity index (χ3v) is 6.71. The Morgan fingerprint density at radius 2 is 1.77 bits per heavy atom. The molecule has 2 aromatic carbocycles. The molecule has 0 unspecified atom stereocenters. The lowest BCUT2D eigenvalue weighted by molar-refractivity contribution is -0.120. The van der Waals surface area contributed by atoms with Gasteiger partial charge in [0.2, 0.25) is 5.91 Å². The summed E-state index contributed by atoms with van der Waals surface area (Å²) in [6.07, 6.45) is 3.32. The summed E-state index contributed by atoms with van der Waals surface area (Å²) in [5, 5.41) is 2.75. The van der Waals surface area contributed by atoms with Crippen molar-refractivity contribution in [2.75, 3.05) is 5.75 Å². The van der Waals surface area contributed by atoms with Crippen LogP contribution in [0.5, 0.6) is 0 Å². The number of nitrogens with one attached hydrogen (secondary N) is 1. The molecule has 0 aliphatic rings. The first-order chi connectivity index (χ1) is 14.9. The van der Waals surface area contributed by atoms with Crippen molar-refractivity contribution in [1.29, 1.82) is 0 Å². The summed E-state index contributed by atoms with van der Waals surface area (Å²) in [7, 11) is -3.49. The number of aromatic nitrogens is 3. The summed E-state index contributed by atoms with van der Waals surface area (Å²) in [5.74, 6) is 0.181. The summed E-state index contributed by atoms with van der Waals surface area (Å²) >= 11 is 0. The molecule has 158 valence electrons. The zero-order valence-electron chi connectivity index (χ0n) is 17.0. The predicted molar refractivity (Wildman–Crippen MR) is 119 cm³/mol. The van der Waals surface area contributed by atoms with E-state index >= 15 is 0 Å². The maximum absolute atomic E-state index is 12.4. The van der Waals surface area contributed by atoms with E-state index in [2.05, 4.69) is 15.3 Å². The van der Waals surface area contributed by atoms with Crippen LogP contribution in [0.2, 0.25) is 0 Å². The molecule has 31 heavy (non-hydrogen) atoms. The van der Waals surface area contributed by atoms with Gasteiger partial charge in [0.05, 0.1) is 21.7 Å². The number of sulfone groups is 1. The number of pyridine rings is 1. The molecule has 4 aromatic rings. The number of carbonyl (C=O) groups is 1. The van der Waals surface area contributed by atoms with E-state index in [9.17, 15) is 13.2 Å². The van der Waals surface area contributed by atoms with Crippen LogP contribution < -0.4 is 5.32 Å². The topological polar surface area (TPSA) is 94.0 Å². The number of fused-ring (bicyclic) bond motifs is 1. The van der Waals surface area contributed by atoms with Gasteiger partial charge in [0.25, 0.3) is 0 Å². The zero-order chi connectivity index (χ0) is 21.8. The van der Waals surface area contributed by atoms with E-state index in [1.807, 2.05) is 47.9 Å². The predicted octanol–water partition coefficient (Wildman–Crippen LogP) is 3.21. The number of hydrogen-bond acceptors (Lipinski definition) is 5. The average molecular weight is 435 g/mol. The minimum atomic E-state index is -3.49. The number of aryl methyl sites for hydroxylation is 1. The molecular weight excluding hydrogens is 412 g/mol. The van der Waals surface area contributed by atoms with Gasteiger partial charge in [0.1, 0.15) is 12.1 Å². The van der Waals surface area contributed by atoms with Gasteiger partial charge in [-0.2, -0.15) is 0 Å². The molecule has 0 fully saturated rings. The lowest BCUT2D eigenvalue weighted by atomic mass is 10.2. The molecule has 0 bridgehead atoms. The van der Waals surface area contributed by atoms with Gasteiger partial charge in [0.15, 0.2) is 9.84 Å². The Balaban J connectivity index is 1.33. The standard InChI is InChI=1S/C23H22N4O3S/c1-17-6-9-19(10-7-17)31(29,30)13-12-23(28)25-15-18-8-11-22(24-14-18)27-16-26-20-4-2-3-5-21(20)27/h2-11,14,16H,12-13,15H2,1H3,(H,25,28). The summed E-state index contributed by atoms with van der Waals surface area (Å²) in [6.45, 7) is 2.17. The van der Waals surface area contributed by atoms with Crippen molar-refractivity contribution in [2.45, 2.75) is 24.8 Å². The zero-order valence-corrected chi connectivity index (χ0v) is 17.8. The van der Waals surface area contributed by atoms with Gasteiger partial charge < -0.3 is 5.32 Å². The van der Waals surface area contributed by atoms with E-state index in [1.54, 1.807) is 36.8 Å². The van der Waals surface area contributed by atoms with Crippen LogP contribution in [0, 0.1) is 6.92 Å². The molecule has 0 saturated heterocycles. The number of benzene rings is 2. The van der Waals surface area contributed by atoms with E-state index in [1.165, 1.54) is 0 Å². The largest absolute Gasteiger partial charge is 0.352 e. The number of para-hydroxylation sites is 2. The Kier molecular flexibility index (Phi) is 5.81. The van der Waals surface area contributed by atoms with E-state index in [4.69, 9.17) is 0 Å². The van der Waals surface area contributed by atoms with Crippen LogP contribution in [-0.2, 0) is 21.2 Å². The highest BCUT2D eigenvalue weighted by atomic mass is 32.2. The monoisotopic (exact) mass is 434 g/mol. The van der Waals surface area contributed by atoms with E-state index in [0.29, 0.717) is 0 Å². The molecule has 2 heterocycles. The normalized spacial score (nSPS) is 11.5. The van der Waals surface area contributed by atoms with Crippen LogP contribution in [0.4, 0.5) is 0 Å². The Morgan fingerprint density at radius 1 is 1.00 bits per heavy atom. The van der Waals surface area contributed by atoms with Crippen LogP contribution in [-0.4, -0.2) is 34.6 Å². The van der Waals surface area contributed by atoms with E-state index < -0.39 is 9.84 Å². The Hall–Kier alpha value is -3.52. The number of rotatable bonds is 7. The van der Waals surface area contributed by atoms with Gasteiger partial charge in [-0.15, -0.1) is 0 Å². The molecular formula is C23H22N4O3S. The second kappa shape index (κ2) is 8.69. The number of amides is 1. The van der Waals surface area contributed by atoms with E-state index in [-0.39, 0.29) is 29.5 Å². The van der Waals surface area contributed by atoms with Crippen molar-refractivity contribution in [3.8, 4) is 5.82 Å². The number of carbonyl (C=O) groups excluding carboxylic acids is 1. The third kappa shape index (κ3) is 4.80. The summed E-state index contributed by atoms with van der Waals surface area (Å²) < 4.78 is 26.6. The minimum absolute atomic E-state index is 0.0945. The molecule has 0 aliphatic heterocycles. The van der Waals surface area contributed by atoms with Crippen LogP contribution in [0.1, 0.15) is 17.5 Å². The van der Waals surface area contributed by atoms with Crippen molar-refractivity contribution in [3.05, 3.63) is 84.3 Å². The maximum Gasteiger partial charge on any atom is 0.221 e. The second-order valence-electron chi connectivity index (χ2n) is 7.29. The van der Waals surface area contributed by atoms with E-state index in [0.717, 1.165) is 28.0 Å². The molecule has 0 atom stereocenters. The lowest BCUT2D eigenvalue weighted by Gasteiger charge is -2.08. The van der Waals surface area contributed by atoms with Gasteiger partial charge in [0, 0.05) is 19.2 Å². The number of imidazole rings is 1. The van der Waals surface area contributed by atoms with Crippen LogP contribution in [0.3, 0.4) is 0 Å². The molecule has 4 rings (SSSR count). The van der Waals surface area contributed by atoms with Crippen molar-refractivity contribution in [1.82, 2.24) is 19.9 Å². The van der Waals surface area contributed by atoms with Gasteiger partial charge in [-0.3, -0.25) is 9.36 Å². The molecule has 1 N–H and O–H groups in total. The van der Waals surface area contributed by atoms with Crippen LogP contribution in [0.15, 0.2) is 78.1 Å². The van der Waals surface area contributed by atoms with Gasteiger partial charge >= 0.3 is 0 Å². The number of nitrogens with zero attached hydrogens (tertiary/aromatic N) is 3. The highest BCUT2D eigenvalue weighted by Crippen LogP contribution is 2.16. The average Bonchev–Trinajstić information content (AvgIpc) is 3.21. The van der Waals surface area contributed by atoms with Crippen molar-refractivity contribution in [2.24, 2.45) is 0 Å². The van der Waals surface area contributed by atoms with Gasteiger partial charge in [-0.05, 0) is 42.8 Å². The number of hydrogen-bond donors (Lipinski definition) is 1. The molecule has 0 spiro atoms. The highest BCUT2D eigenvalue weighted by Gasteiger charge is 2.16. The smallest absolute Gasteiger partial charge is 0.221 e.